The molecule has 0 aliphatic heterocycles. The maximum absolute atomic E-state index is 6.74. The van der Waals surface area contributed by atoms with Crippen molar-refractivity contribution in [3.05, 3.63) is 29.3 Å². The fourth-order valence-electron chi connectivity index (χ4n) is 3.60. The zero-order chi connectivity index (χ0) is 14.9. The smallest absolute Gasteiger partial charge is 0.0956 e. The Morgan fingerprint density at radius 2 is 2.10 bits per heavy atom. The topological polar surface area (TPSA) is 38.9 Å². The summed E-state index contributed by atoms with van der Waals surface area (Å²) in [5.41, 5.74) is 7.82. The van der Waals surface area contributed by atoms with Crippen molar-refractivity contribution in [1.29, 1.82) is 0 Å². The molecule has 2 aromatic rings. The SMILES string of the molecule is CC(C)C1CCCC(N)(Cc2nc3ccccc3s2)CC1. The van der Waals surface area contributed by atoms with Gasteiger partial charge in [-0.25, -0.2) is 4.98 Å². The van der Waals surface area contributed by atoms with E-state index in [2.05, 4.69) is 38.1 Å². The average Bonchev–Trinajstić information content (AvgIpc) is 2.73. The van der Waals surface area contributed by atoms with Crippen molar-refractivity contribution < 1.29 is 0 Å². The Hall–Kier alpha value is -0.930. The van der Waals surface area contributed by atoms with Crippen LogP contribution in [0.4, 0.5) is 0 Å². The van der Waals surface area contributed by atoms with Gasteiger partial charge in [-0.1, -0.05) is 38.8 Å². The molecular formula is C18H26N2S. The Morgan fingerprint density at radius 3 is 2.86 bits per heavy atom. The monoisotopic (exact) mass is 302 g/mol. The van der Waals surface area contributed by atoms with E-state index in [0.29, 0.717) is 0 Å². The van der Waals surface area contributed by atoms with Crippen LogP contribution < -0.4 is 5.73 Å². The molecule has 1 aliphatic rings. The van der Waals surface area contributed by atoms with Crippen molar-refractivity contribution in [1.82, 2.24) is 4.98 Å². The highest BCUT2D eigenvalue weighted by molar-refractivity contribution is 7.18. The molecule has 2 N–H and O–H groups in total. The van der Waals surface area contributed by atoms with Gasteiger partial charge in [0.1, 0.15) is 0 Å². The van der Waals surface area contributed by atoms with Crippen molar-refractivity contribution in [2.24, 2.45) is 17.6 Å². The summed E-state index contributed by atoms with van der Waals surface area (Å²) in [4.78, 5) is 4.78. The quantitative estimate of drug-likeness (QED) is 0.829. The van der Waals surface area contributed by atoms with Crippen molar-refractivity contribution in [3.63, 3.8) is 0 Å². The Kier molecular flexibility index (Phi) is 4.32. The predicted molar refractivity (Wildman–Crippen MR) is 91.7 cm³/mol. The van der Waals surface area contributed by atoms with Crippen LogP contribution in [0, 0.1) is 11.8 Å². The third kappa shape index (κ3) is 3.46. The van der Waals surface area contributed by atoms with Crippen molar-refractivity contribution in [3.8, 4) is 0 Å². The second-order valence-electron chi connectivity index (χ2n) is 7.05. The molecule has 1 aromatic heterocycles. The molecule has 3 heteroatoms. The minimum atomic E-state index is -0.0441. The number of thiazole rings is 1. The van der Waals surface area contributed by atoms with Crippen molar-refractivity contribution in [2.45, 2.75) is 57.9 Å². The van der Waals surface area contributed by atoms with Gasteiger partial charge in [-0.15, -0.1) is 11.3 Å². The molecule has 3 rings (SSSR count). The molecule has 0 bridgehead atoms. The number of para-hydroxylation sites is 1. The summed E-state index contributed by atoms with van der Waals surface area (Å²) < 4.78 is 1.28. The average molecular weight is 302 g/mol. The fraction of sp³-hybridized carbons (Fsp3) is 0.611. The number of rotatable bonds is 3. The highest BCUT2D eigenvalue weighted by atomic mass is 32.1. The minimum absolute atomic E-state index is 0.0441. The molecule has 0 saturated heterocycles. The maximum atomic E-state index is 6.74. The summed E-state index contributed by atoms with van der Waals surface area (Å²) in [6.45, 7) is 4.70. The number of fused-ring (bicyclic) bond motifs is 1. The molecule has 1 saturated carbocycles. The van der Waals surface area contributed by atoms with Gasteiger partial charge in [0.15, 0.2) is 0 Å². The number of benzene rings is 1. The third-order valence-electron chi connectivity index (χ3n) is 5.05. The largest absolute Gasteiger partial charge is 0.325 e. The zero-order valence-corrected chi connectivity index (χ0v) is 14.0. The van der Waals surface area contributed by atoms with Crippen molar-refractivity contribution in [2.75, 3.05) is 0 Å². The van der Waals surface area contributed by atoms with Gasteiger partial charge in [-0.05, 0) is 43.2 Å². The second kappa shape index (κ2) is 6.05. The van der Waals surface area contributed by atoms with Gasteiger partial charge in [0, 0.05) is 12.0 Å². The standard InChI is InChI=1S/C18H26N2S/c1-13(2)14-6-5-10-18(19,11-9-14)12-17-20-15-7-3-4-8-16(15)21-17/h3-4,7-8,13-14H,5-6,9-12,19H2,1-2H3. The first-order chi connectivity index (χ1) is 10.1. The van der Waals surface area contributed by atoms with E-state index in [1.165, 1.54) is 29.0 Å². The Bertz CT molecular complexity index is 571. The number of hydrogen-bond acceptors (Lipinski definition) is 3. The van der Waals surface area contributed by atoms with Crippen LogP contribution in [0.2, 0.25) is 0 Å². The van der Waals surface area contributed by atoms with Crippen LogP contribution in [0.25, 0.3) is 10.2 Å². The van der Waals surface area contributed by atoms with Gasteiger partial charge in [0.2, 0.25) is 0 Å². The summed E-state index contributed by atoms with van der Waals surface area (Å²) in [5, 5.41) is 1.21. The molecule has 2 atom stereocenters. The second-order valence-corrected chi connectivity index (χ2v) is 8.16. The molecule has 21 heavy (non-hydrogen) atoms. The first kappa shape index (κ1) is 15.0. The van der Waals surface area contributed by atoms with E-state index in [4.69, 9.17) is 10.7 Å². The lowest BCUT2D eigenvalue weighted by molar-refractivity contribution is 0.321. The Morgan fingerprint density at radius 1 is 1.29 bits per heavy atom. The molecule has 1 heterocycles. The lowest BCUT2D eigenvalue weighted by Gasteiger charge is -2.27. The number of nitrogens with two attached hydrogens (primary N) is 1. The molecule has 0 spiro atoms. The molecule has 1 aromatic carbocycles. The van der Waals surface area contributed by atoms with E-state index < -0.39 is 0 Å². The fourth-order valence-corrected chi connectivity index (χ4v) is 4.72. The predicted octanol–water partition coefficient (Wildman–Crippen LogP) is 4.77. The van der Waals surface area contributed by atoms with E-state index in [-0.39, 0.29) is 5.54 Å². The van der Waals surface area contributed by atoms with Crippen LogP contribution in [-0.2, 0) is 6.42 Å². The lowest BCUT2D eigenvalue weighted by Crippen LogP contribution is -2.41. The van der Waals surface area contributed by atoms with Gasteiger partial charge < -0.3 is 5.73 Å². The third-order valence-corrected chi connectivity index (χ3v) is 6.08. The van der Waals surface area contributed by atoms with Crippen LogP contribution in [0.1, 0.15) is 51.0 Å². The molecule has 114 valence electrons. The number of hydrogen-bond donors (Lipinski definition) is 1. The number of aromatic nitrogens is 1. The first-order valence-corrected chi connectivity index (χ1v) is 9.01. The summed E-state index contributed by atoms with van der Waals surface area (Å²) in [6.07, 6.45) is 7.12. The van der Waals surface area contributed by atoms with Gasteiger partial charge >= 0.3 is 0 Å². The first-order valence-electron chi connectivity index (χ1n) is 8.19. The van der Waals surface area contributed by atoms with Gasteiger partial charge in [0.25, 0.3) is 0 Å². The Labute approximate surface area is 131 Å². The van der Waals surface area contributed by atoms with Gasteiger partial charge in [0.05, 0.1) is 15.2 Å². The normalized spacial score (nSPS) is 27.1. The summed E-state index contributed by atoms with van der Waals surface area (Å²) >= 11 is 1.81. The molecule has 0 amide bonds. The molecule has 0 radical (unpaired) electrons. The summed E-state index contributed by atoms with van der Waals surface area (Å²) in [7, 11) is 0. The van der Waals surface area contributed by atoms with E-state index in [1.807, 2.05) is 11.3 Å². The number of nitrogens with zero attached hydrogens (tertiary/aromatic N) is 1. The molecule has 1 fully saturated rings. The molecule has 2 nitrogen and oxygen atoms in total. The van der Waals surface area contributed by atoms with Crippen LogP contribution in [0.15, 0.2) is 24.3 Å². The zero-order valence-electron chi connectivity index (χ0n) is 13.1. The molecule has 2 unspecified atom stereocenters. The summed E-state index contributed by atoms with van der Waals surface area (Å²) in [6, 6.07) is 8.40. The van der Waals surface area contributed by atoms with Crippen LogP contribution >= 0.6 is 11.3 Å². The van der Waals surface area contributed by atoms with E-state index >= 15 is 0 Å². The summed E-state index contributed by atoms with van der Waals surface area (Å²) in [5.74, 6) is 1.64. The highest BCUT2D eigenvalue weighted by Crippen LogP contribution is 2.35. The highest BCUT2D eigenvalue weighted by Gasteiger charge is 2.31. The van der Waals surface area contributed by atoms with Crippen LogP contribution in [0.5, 0.6) is 0 Å². The van der Waals surface area contributed by atoms with Crippen molar-refractivity contribution >= 4 is 21.6 Å². The van der Waals surface area contributed by atoms with Crippen LogP contribution in [0.3, 0.4) is 0 Å². The van der Waals surface area contributed by atoms with E-state index in [1.54, 1.807) is 0 Å². The maximum Gasteiger partial charge on any atom is 0.0956 e. The van der Waals surface area contributed by atoms with Gasteiger partial charge in [-0.3, -0.25) is 0 Å². The van der Waals surface area contributed by atoms with Crippen LogP contribution in [-0.4, -0.2) is 10.5 Å². The Balaban J connectivity index is 1.73. The van der Waals surface area contributed by atoms with E-state index in [9.17, 15) is 0 Å². The van der Waals surface area contributed by atoms with Gasteiger partial charge in [-0.2, -0.15) is 0 Å². The molecular weight excluding hydrogens is 276 g/mol. The van der Waals surface area contributed by atoms with E-state index in [0.717, 1.165) is 36.6 Å². The lowest BCUT2D eigenvalue weighted by atomic mass is 9.85. The minimum Gasteiger partial charge on any atom is -0.325 e. The molecule has 1 aliphatic carbocycles.